The zero-order valence-corrected chi connectivity index (χ0v) is 11.4. The van der Waals surface area contributed by atoms with Crippen LogP contribution in [0, 0.1) is 11.6 Å². The minimum Gasteiger partial charge on any atom is -0.478 e. The van der Waals surface area contributed by atoms with E-state index in [1.807, 2.05) is 0 Å². The third-order valence-corrected chi connectivity index (χ3v) is 4.52. The van der Waals surface area contributed by atoms with Gasteiger partial charge in [0.25, 0.3) is 0 Å². The summed E-state index contributed by atoms with van der Waals surface area (Å²) in [5.74, 6) is -5.21. The summed E-state index contributed by atoms with van der Waals surface area (Å²) in [6, 6.07) is 8.65. The first-order chi connectivity index (χ1) is 9.83. The Balaban J connectivity index is 2.54. The van der Waals surface area contributed by atoms with E-state index in [4.69, 9.17) is 5.11 Å². The number of aromatic carboxylic acids is 1. The molecule has 2 aromatic rings. The van der Waals surface area contributed by atoms with Crippen molar-refractivity contribution >= 4 is 15.8 Å². The van der Waals surface area contributed by atoms with E-state index in [0.717, 1.165) is 6.07 Å². The third-order valence-electron chi connectivity index (χ3n) is 2.86. The molecule has 4 nitrogen and oxygen atoms in total. The van der Waals surface area contributed by atoms with E-state index in [9.17, 15) is 22.0 Å². The Kier molecular flexibility index (Phi) is 4.04. The number of carboxylic acids is 1. The molecular formula is C14H10F2O4S. The topological polar surface area (TPSA) is 71.4 Å². The normalized spacial score (nSPS) is 11.3. The maximum Gasteiger partial charge on any atom is 0.336 e. The van der Waals surface area contributed by atoms with Crippen molar-refractivity contribution in [2.75, 3.05) is 0 Å². The van der Waals surface area contributed by atoms with Gasteiger partial charge in [0, 0.05) is 5.56 Å². The highest BCUT2D eigenvalue weighted by molar-refractivity contribution is 7.90. The predicted molar refractivity (Wildman–Crippen MR) is 70.6 cm³/mol. The van der Waals surface area contributed by atoms with Crippen molar-refractivity contribution in [3.63, 3.8) is 0 Å². The van der Waals surface area contributed by atoms with Crippen LogP contribution >= 0.6 is 0 Å². The lowest BCUT2D eigenvalue weighted by atomic mass is 10.1. The molecule has 1 N–H and O–H groups in total. The summed E-state index contributed by atoms with van der Waals surface area (Å²) in [6.45, 7) is 0. The van der Waals surface area contributed by atoms with Gasteiger partial charge in [-0.05, 0) is 24.3 Å². The van der Waals surface area contributed by atoms with Gasteiger partial charge >= 0.3 is 5.97 Å². The van der Waals surface area contributed by atoms with Crippen LogP contribution in [-0.2, 0) is 15.6 Å². The van der Waals surface area contributed by atoms with E-state index in [0.29, 0.717) is 6.07 Å². The Labute approximate surface area is 119 Å². The second-order valence-electron chi connectivity index (χ2n) is 4.26. The summed E-state index contributed by atoms with van der Waals surface area (Å²) in [5.41, 5.74) is -1.26. The minimum atomic E-state index is -3.98. The van der Waals surface area contributed by atoms with Crippen molar-refractivity contribution in [3.8, 4) is 0 Å². The van der Waals surface area contributed by atoms with Gasteiger partial charge in [-0.3, -0.25) is 0 Å². The van der Waals surface area contributed by atoms with Crippen LogP contribution in [0.1, 0.15) is 15.9 Å². The van der Waals surface area contributed by atoms with Crippen LogP contribution in [0.3, 0.4) is 0 Å². The Bertz CT molecular complexity index is 786. The molecule has 2 aromatic carbocycles. The van der Waals surface area contributed by atoms with Gasteiger partial charge in [0.15, 0.2) is 21.5 Å². The number of halogens is 2. The summed E-state index contributed by atoms with van der Waals surface area (Å²) in [6.07, 6.45) is 0. The molecule has 0 amide bonds. The minimum absolute atomic E-state index is 0.0926. The maximum atomic E-state index is 13.8. The average Bonchev–Trinajstić information content (AvgIpc) is 2.44. The number of hydrogen-bond donors (Lipinski definition) is 1. The highest BCUT2D eigenvalue weighted by atomic mass is 32.2. The quantitative estimate of drug-likeness (QED) is 0.942. The summed E-state index contributed by atoms with van der Waals surface area (Å²) in [5, 5.41) is 8.96. The Morgan fingerprint density at radius 3 is 2.24 bits per heavy atom. The molecule has 0 radical (unpaired) electrons. The first kappa shape index (κ1) is 15.1. The second-order valence-corrected chi connectivity index (χ2v) is 6.25. The molecule has 0 fully saturated rings. The summed E-state index contributed by atoms with van der Waals surface area (Å²) in [7, 11) is -3.98. The predicted octanol–water partition coefficient (Wildman–Crippen LogP) is 2.64. The fourth-order valence-corrected chi connectivity index (χ4v) is 3.24. The lowest BCUT2D eigenvalue weighted by Gasteiger charge is -2.09. The van der Waals surface area contributed by atoms with Crippen LogP contribution in [0.25, 0.3) is 0 Å². The molecule has 0 aliphatic heterocycles. The zero-order valence-electron chi connectivity index (χ0n) is 10.6. The summed E-state index contributed by atoms with van der Waals surface area (Å²) in [4.78, 5) is 10.9. The smallest absolute Gasteiger partial charge is 0.336 e. The van der Waals surface area contributed by atoms with Crippen molar-refractivity contribution < 1.29 is 27.1 Å². The monoisotopic (exact) mass is 312 g/mol. The van der Waals surface area contributed by atoms with Crippen molar-refractivity contribution in [1.29, 1.82) is 0 Å². The van der Waals surface area contributed by atoms with Crippen molar-refractivity contribution in [3.05, 3.63) is 65.2 Å². The summed E-state index contributed by atoms with van der Waals surface area (Å²) >= 11 is 0. The Morgan fingerprint density at radius 2 is 1.67 bits per heavy atom. The largest absolute Gasteiger partial charge is 0.478 e. The van der Waals surface area contributed by atoms with Crippen LogP contribution in [0.4, 0.5) is 8.78 Å². The van der Waals surface area contributed by atoms with Gasteiger partial charge in [-0.1, -0.05) is 18.2 Å². The molecule has 0 saturated carbocycles. The number of sulfone groups is 1. The van der Waals surface area contributed by atoms with Gasteiger partial charge in [0.05, 0.1) is 16.2 Å². The number of benzene rings is 2. The Hall–Kier alpha value is -2.28. The standard InChI is InChI=1S/C14H10F2O4S/c15-12-7-6-10(14(17)18)11(13(12)16)8-21(19,20)9-4-2-1-3-5-9/h1-7H,8H2,(H,17,18). The second kappa shape index (κ2) is 5.61. The fourth-order valence-electron chi connectivity index (χ4n) is 1.84. The van der Waals surface area contributed by atoms with E-state index >= 15 is 0 Å². The first-order valence-corrected chi connectivity index (χ1v) is 7.46. The zero-order chi connectivity index (χ0) is 15.6. The van der Waals surface area contributed by atoms with Crippen LogP contribution in [0.5, 0.6) is 0 Å². The number of rotatable bonds is 4. The highest BCUT2D eigenvalue weighted by Gasteiger charge is 2.24. The molecule has 0 bridgehead atoms. The molecular weight excluding hydrogens is 302 g/mol. The van der Waals surface area contributed by atoms with E-state index in [1.165, 1.54) is 24.3 Å². The van der Waals surface area contributed by atoms with Crippen molar-refractivity contribution in [2.45, 2.75) is 10.6 Å². The third kappa shape index (κ3) is 3.08. The Morgan fingerprint density at radius 1 is 1.05 bits per heavy atom. The molecule has 0 aliphatic carbocycles. The van der Waals surface area contributed by atoms with E-state index < -0.39 is 44.3 Å². The van der Waals surface area contributed by atoms with Gasteiger partial charge in [-0.25, -0.2) is 22.0 Å². The van der Waals surface area contributed by atoms with E-state index in [2.05, 4.69) is 0 Å². The summed E-state index contributed by atoms with van der Waals surface area (Å²) < 4.78 is 51.3. The van der Waals surface area contributed by atoms with Crippen LogP contribution in [0.2, 0.25) is 0 Å². The number of carboxylic acid groups (broad SMARTS) is 1. The van der Waals surface area contributed by atoms with Gasteiger partial charge in [0.1, 0.15) is 0 Å². The molecule has 0 heterocycles. The molecule has 7 heteroatoms. The lowest BCUT2D eigenvalue weighted by Crippen LogP contribution is -2.13. The molecule has 0 saturated heterocycles. The molecule has 0 unspecified atom stereocenters. The SMILES string of the molecule is O=C(O)c1ccc(F)c(F)c1CS(=O)(=O)c1ccccc1. The van der Waals surface area contributed by atoms with Crippen molar-refractivity contribution in [1.82, 2.24) is 0 Å². The van der Waals surface area contributed by atoms with E-state index in [-0.39, 0.29) is 4.90 Å². The first-order valence-electron chi connectivity index (χ1n) is 5.81. The molecule has 0 aromatic heterocycles. The van der Waals surface area contributed by atoms with Crippen LogP contribution < -0.4 is 0 Å². The van der Waals surface area contributed by atoms with Crippen LogP contribution in [-0.4, -0.2) is 19.5 Å². The van der Waals surface area contributed by atoms with Gasteiger partial charge in [-0.15, -0.1) is 0 Å². The molecule has 0 aliphatic rings. The van der Waals surface area contributed by atoms with Gasteiger partial charge in [-0.2, -0.15) is 0 Å². The average molecular weight is 312 g/mol. The number of hydrogen-bond acceptors (Lipinski definition) is 3. The van der Waals surface area contributed by atoms with Crippen LogP contribution in [0.15, 0.2) is 47.4 Å². The molecule has 2 rings (SSSR count). The molecule has 110 valence electrons. The van der Waals surface area contributed by atoms with E-state index in [1.54, 1.807) is 6.07 Å². The number of carbonyl (C=O) groups is 1. The molecule has 0 atom stereocenters. The highest BCUT2D eigenvalue weighted by Crippen LogP contribution is 2.23. The fraction of sp³-hybridized carbons (Fsp3) is 0.0714. The maximum absolute atomic E-state index is 13.8. The van der Waals surface area contributed by atoms with Gasteiger partial charge < -0.3 is 5.11 Å². The van der Waals surface area contributed by atoms with Gasteiger partial charge in [0.2, 0.25) is 0 Å². The molecule has 0 spiro atoms. The van der Waals surface area contributed by atoms with Crippen molar-refractivity contribution in [2.24, 2.45) is 0 Å². The lowest BCUT2D eigenvalue weighted by molar-refractivity contribution is 0.0695. The molecule has 21 heavy (non-hydrogen) atoms.